The highest BCUT2D eigenvalue weighted by Gasteiger charge is 2.29. The monoisotopic (exact) mass is 291 g/mol. The average molecular weight is 291 g/mol. The van der Waals surface area contributed by atoms with E-state index in [9.17, 15) is 0 Å². The van der Waals surface area contributed by atoms with Crippen molar-refractivity contribution in [2.24, 2.45) is 5.41 Å². The quantitative estimate of drug-likeness (QED) is 0.858. The van der Waals surface area contributed by atoms with Gasteiger partial charge in [0.05, 0.1) is 0 Å². The van der Waals surface area contributed by atoms with E-state index in [1.807, 2.05) is 24.3 Å². The molecule has 1 aliphatic heterocycles. The summed E-state index contributed by atoms with van der Waals surface area (Å²) in [4.78, 5) is 0. The maximum absolute atomic E-state index is 6.17. The summed E-state index contributed by atoms with van der Waals surface area (Å²) < 4.78 is 12.0. The van der Waals surface area contributed by atoms with Crippen molar-refractivity contribution < 1.29 is 9.47 Å². The Balaban J connectivity index is 2.00. The van der Waals surface area contributed by atoms with E-state index >= 15 is 0 Å². The lowest BCUT2D eigenvalue weighted by Gasteiger charge is -2.34. The number of fused-ring (bicyclic) bond motifs is 1. The van der Waals surface area contributed by atoms with Crippen LogP contribution in [0.15, 0.2) is 24.3 Å². The van der Waals surface area contributed by atoms with E-state index in [0.29, 0.717) is 18.1 Å². The first-order valence-corrected chi connectivity index (χ1v) is 8.11. The third kappa shape index (κ3) is 4.92. The van der Waals surface area contributed by atoms with Gasteiger partial charge >= 0.3 is 0 Å². The van der Waals surface area contributed by atoms with Crippen LogP contribution in [0.25, 0.3) is 0 Å². The Bertz CT molecular complexity index is 439. The van der Waals surface area contributed by atoms with Crippen LogP contribution in [0.2, 0.25) is 0 Å². The molecule has 0 amide bonds. The van der Waals surface area contributed by atoms with E-state index in [1.165, 1.54) is 6.42 Å². The van der Waals surface area contributed by atoms with E-state index in [4.69, 9.17) is 9.47 Å². The molecule has 0 aromatic heterocycles. The largest absolute Gasteiger partial charge is 0.486 e. The molecule has 3 nitrogen and oxygen atoms in total. The molecule has 0 saturated heterocycles. The smallest absolute Gasteiger partial charge is 0.161 e. The van der Waals surface area contributed by atoms with Gasteiger partial charge < -0.3 is 14.8 Å². The molecule has 0 bridgehead atoms. The molecule has 3 heteroatoms. The van der Waals surface area contributed by atoms with Crippen LogP contribution in [0.4, 0.5) is 0 Å². The standard InChI is InChI=1S/C18H29NO2/c1-5-12-19-14(10-11-18(2,3)4)17-13-20-15-8-6-7-9-16(15)21-17/h6-9,14,17,19H,5,10-13H2,1-4H3. The highest BCUT2D eigenvalue weighted by Crippen LogP contribution is 2.32. The molecule has 0 radical (unpaired) electrons. The van der Waals surface area contributed by atoms with Gasteiger partial charge in [0.1, 0.15) is 12.7 Å². The highest BCUT2D eigenvalue weighted by molar-refractivity contribution is 5.40. The first-order chi connectivity index (χ1) is 9.99. The number of rotatable bonds is 6. The summed E-state index contributed by atoms with van der Waals surface area (Å²) >= 11 is 0. The molecular weight excluding hydrogens is 262 g/mol. The molecule has 0 fully saturated rings. The van der Waals surface area contributed by atoms with Crippen LogP contribution in [0, 0.1) is 5.41 Å². The van der Waals surface area contributed by atoms with Gasteiger partial charge in [0.2, 0.25) is 0 Å². The lowest BCUT2D eigenvalue weighted by Crippen LogP contribution is -2.48. The zero-order valence-electron chi connectivity index (χ0n) is 13.8. The van der Waals surface area contributed by atoms with Gasteiger partial charge in [0, 0.05) is 6.04 Å². The van der Waals surface area contributed by atoms with Crippen LogP contribution in [0.3, 0.4) is 0 Å². The summed E-state index contributed by atoms with van der Waals surface area (Å²) in [5.74, 6) is 1.73. The second-order valence-corrected chi connectivity index (χ2v) is 7.07. The van der Waals surface area contributed by atoms with E-state index < -0.39 is 0 Å². The Labute approximate surface area is 129 Å². The first-order valence-electron chi connectivity index (χ1n) is 8.11. The Kier molecular flexibility index (Phi) is 5.51. The van der Waals surface area contributed by atoms with Crippen molar-refractivity contribution in [3.8, 4) is 11.5 Å². The van der Waals surface area contributed by atoms with Gasteiger partial charge in [0.25, 0.3) is 0 Å². The topological polar surface area (TPSA) is 30.5 Å². The van der Waals surface area contributed by atoms with Gasteiger partial charge in [-0.25, -0.2) is 0 Å². The van der Waals surface area contributed by atoms with E-state index in [0.717, 1.165) is 30.9 Å². The predicted octanol–water partition coefficient (Wildman–Crippen LogP) is 4.02. The second kappa shape index (κ2) is 7.17. The lowest BCUT2D eigenvalue weighted by molar-refractivity contribution is 0.0561. The van der Waals surface area contributed by atoms with Crippen molar-refractivity contribution in [3.05, 3.63) is 24.3 Å². The van der Waals surface area contributed by atoms with Crippen molar-refractivity contribution in [3.63, 3.8) is 0 Å². The molecular formula is C18H29NO2. The first kappa shape index (κ1) is 16.2. The zero-order chi connectivity index (χ0) is 15.3. The summed E-state index contributed by atoms with van der Waals surface area (Å²) in [7, 11) is 0. The van der Waals surface area contributed by atoms with Crippen LogP contribution in [0.1, 0.15) is 47.0 Å². The van der Waals surface area contributed by atoms with Gasteiger partial charge in [-0.15, -0.1) is 0 Å². The molecule has 2 rings (SSSR count). The SMILES string of the molecule is CCCNC(CCC(C)(C)C)C1COc2ccccc2O1. The molecule has 1 heterocycles. The van der Waals surface area contributed by atoms with E-state index in [2.05, 4.69) is 33.0 Å². The van der Waals surface area contributed by atoms with Crippen molar-refractivity contribution in [1.82, 2.24) is 5.32 Å². The molecule has 0 spiro atoms. The number of para-hydroxylation sites is 2. The maximum Gasteiger partial charge on any atom is 0.161 e. The van der Waals surface area contributed by atoms with Crippen LogP contribution in [0.5, 0.6) is 11.5 Å². The van der Waals surface area contributed by atoms with Crippen molar-refractivity contribution in [2.75, 3.05) is 13.2 Å². The molecule has 1 N–H and O–H groups in total. The van der Waals surface area contributed by atoms with E-state index in [1.54, 1.807) is 0 Å². The van der Waals surface area contributed by atoms with Gasteiger partial charge in [-0.1, -0.05) is 39.8 Å². The Hall–Kier alpha value is -1.22. The fourth-order valence-electron chi connectivity index (χ4n) is 2.57. The molecule has 2 atom stereocenters. The molecule has 118 valence electrons. The van der Waals surface area contributed by atoms with Crippen LogP contribution in [-0.2, 0) is 0 Å². The third-order valence-corrected chi connectivity index (χ3v) is 3.84. The number of ether oxygens (including phenoxy) is 2. The fraction of sp³-hybridized carbons (Fsp3) is 0.667. The molecule has 1 aromatic carbocycles. The lowest BCUT2D eigenvalue weighted by atomic mass is 9.87. The predicted molar refractivity (Wildman–Crippen MR) is 87.1 cm³/mol. The summed E-state index contributed by atoms with van der Waals surface area (Å²) in [6, 6.07) is 8.28. The summed E-state index contributed by atoms with van der Waals surface area (Å²) in [6.07, 6.45) is 3.51. The number of hydrogen-bond acceptors (Lipinski definition) is 3. The number of benzene rings is 1. The van der Waals surface area contributed by atoms with Gasteiger partial charge in [-0.05, 0) is 43.4 Å². The van der Waals surface area contributed by atoms with Crippen molar-refractivity contribution >= 4 is 0 Å². The molecule has 21 heavy (non-hydrogen) atoms. The minimum Gasteiger partial charge on any atom is -0.486 e. The number of nitrogens with one attached hydrogen (secondary N) is 1. The summed E-state index contributed by atoms with van der Waals surface area (Å²) in [5.41, 5.74) is 0.347. The van der Waals surface area contributed by atoms with Gasteiger partial charge in [0.15, 0.2) is 11.5 Å². The average Bonchev–Trinajstić information content (AvgIpc) is 2.46. The van der Waals surface area contributed by atoms with Gasteiger partial charge in [-0.3, -0.25) is 0 Å². The maximum atomic E-state index is 6.17. The third-order valence-electron chi connectivity index (χ3n) is 3.84. The molecule has 0 saturated carbocycles. The second-order valence-electron chi connectivity index (χ2n) is 7.07. The Morgan fingerprint density at radius 3 is 2.62 bits per heavy atom. The zero-order valence-corrected chi connectivity index (χ0v) is 13.8. The van der Waals surface area contributed by atoms with Gasteiger partial charge in [-0.2, -0.15) is 0 Å². The van der Waals surface area contributed by atoms with Crippen molar-refractivity contribution in [2.45, 2.75) is 59.1 Å². The van der Waals surface area contributed by atoms with Crippen LogP contribution < -0.4 is 14.8 Å². The molecule has 1 aromatic rings. The minimum absolute atomic E-state index is 0.0915. The summed E-state index contributed by atoms with van der Waals surface area (Å²) in [5, 5.41) is 3.64. The highest BCUT2D eigenvalue weighted by atomic mass is 16.6. The van der Waals surface area contributed by atoms with E-state index in [-0.39, 0.29) is 6.10 Å². The fourth-order valence-corrected chi connectivity index (χ4v) is 2.57. The minimum atomic E-state index is 0.0915. The van der Waals surface area contributed by atoms with Crippen LogP contribution in [-0.4, -0.2) is 25.3 Å². The molecule has 2 unspecified atom stereocenters. The molecule has 0 aliphatic carbocycles. The Morgan fingerprint density at radius 2 is 1.95 bits per heavy atom. The Morgan fingerprint density at radius 1 is 1.24 bits per heavy atom. The summed E-state index contributed by atoms with van der Waals surface area (Å²) in [6.45, 7) is 10.7. The normalized spacial score (nSPS) is 19.3. The van der Waals surface area contributed by atoms with Crippen molar-refractivity contribution in [1.29, 1.82) is 0 Å². The molecule has 1 aliphatic rings. The number of hydrogen-bond donors (Lipinski definition) is 1. The van der Waals surface area contributed by atoms with Crippen LogP contribution >= 0.6 is 0 Å².